The molecule has 0 saturated carbocycles. The van der Waals surface area contributed by atoms with Crippen LogP contribution in [0.3, 0.4) is 0 Å². The number of nitrogens with two attached hydrogens (primary N) is 2. The van der Waals surface area contributed by atoms with Gasteiger partial charge < -0.3 is 35.3 Å². The second-order valence-corrected chi connectivity index (χ2v) is 16.0. The van der Waals surface area contributed by atoms with E-state index in [4.69, 9.17) is 11.5 Å². The van der Waals surface area contributed by atoms with Crippen molar-refractivity contribution in [2.75, 3.05) is 11.5 Å². The highest BCUT2D eigenvalue weighted by Crippen LogP contribution is 2.54. The molecule has 19 nitrogen and oxygen atoms in total. The highest BCUT2D eigenvalue weighted by atomic mass is 32.3. The fourth-order valence-electron chi connectivity index (χ4n) is 5.32. The summed E-state index contributed by atoms with van der Waals surface area (Å²) >= 11 is 0. The Hall–Kier alpha value is -6.11. The van der Waals surface area contributed by atoms with Crippen molar-refractivity contribution in [2.45, 2.75) is 21.6 Å². The molecule has 55 heavy (non-hydrogen) atoms. The van der Waals surface area contributed by atoms with E-state index in [0.29, 0.717) is 16.6 Å². The number of phenolic OH excluding ortho intramolecular Hbond substituents is 2. The summed E-state index contributed by atoms with van der Waals surface area (Å²) in [5.41, 5.74) is 11.3. The summed E-state index contributed by atoms with van der Waals surface area (Å²) < 4.78 is 96.3. The number of nitrogen functional groups attached to an aromatic ring is 2. The zero-order valence-corrected chi connectivity index (χ0v) is 30.4. The minimum absolute atomic E-state index is 0.0285. The van der Waals surface area contributed by atoms with Crippen LogP contribution in [0.25, 0.3) is 21.5 Å². The number of fused-ring (bicyclic) bond motifs is 2. The van der Waals surface area contributed by atoms with Crippen molar-refractivity contribution in [3.8, 4) is 11.5 Å². The molecule has 0 aromatic heterocycles. The van der Waals surface area contributed by atoms with Gasteiger partial charge in [-0.1, -0.05) is 24.3 Å². The van der Waals surface area contributed by atoms with E-state index in [-0.39, 0.29) is 55.2 Å². The number of aryl methyl sites for hydroxylation is 1. The molecule has 0 unspecified atom stereocenters. The third-order valence-electron chi connectivity index (χ3n) is 7.97. The summed E-state index contributed by atoms with van der Waals surface area (Å²) in [5, 5.41) is 47.1. The molecule has 0 fully saturated rings. The highest BCUT2D eigenvalue weighted by Gasteiger charge is 2.26. The van der Waals surface area contributed by atoms with E-state index in [0.717, 1.165) is 18.2 Å². The molecule has 0 bridgehead atoms. The molecular formula is C33H28N8O11S3. The maximum Gasteiger partial charge on any atom is 0.296 e. The Labute approximate surface area is 312 Å². The molecule has 284 valence electrons. The van der Waals surface area contributed by atoms with Crippen LogP contribution in [-0.4, -0.2) is 49.8 Å². The van der Waals surface area contributed by atoms with Gasteiger partial charge in [0.2, 0.25) is 0 Å². The van der Waals surface area contributed by atoms with Gasteiger partial charge in [0, 0.05) is 16.8 Å². The first-order valence-electron chi connectivity index (χ1n) is 15.3. The van der Waals surface area contributed by atoms with Crippen LogP contribution < -0.4 is 11.5 Å². The SMILES string of the molecule is Cc1cc(N=Nc2c(S(O)(O)O)cc3ccc(N=Nc4cc(S(=O)(=O)O)c(N)cc4N)cc3c2O)c(O)cc1N=Nc1ccc2c(S(=O)(=O)O)cccc2c1. The highest BCUT2D eigenvalue weighted by molar-refractivity contribution is 8.19. The number of aromatic hydroxyl groups is 2. The lowest BCUT2D eigenvalue weighted by atomic mass is 10.1. The summed E-state index contributed by atoms with van der Waals surface area (Å²) in [6.45, 7) is 1.62. The zero-order chi connectivity index (χ0) is 40.0. The van der Waals surface area contributed by atoms with Crippen LogP contribution in [0.5, 0.6) is 11.5 Å². The first-order chi connectivity index (χ1) is 25.7. The van der Waals surface area contributed by atoms with E-state index in [2.05, 4.69) is 30.7 Å². The van der Waals surface area contributed by atoms with Crippen LogP contribution in [0.4, 0.5) is 45.5 Å². The summed E-state index contributed by atoms with van der Waals surface area (Å²) in [4.78, 5) is -1.50. The molecule has 0 saturated heterocycles. The summed E-state index contributed by atoms with van der Waals surface area (Å²) in [7, 11) is -13.7. The van der Waals surface area contributed by atoms with Gasteiger partial charge >= 0.3 is 0 Å². The zero-order valence-electron chi connectivity index (χ0n) is 27.9. The summed E-state index contributed by atoms with van der Waals surface area (Å²) in [6.07, 6.45) is 0. The second kappa shape index (κ2) is 14.3. The number of anilines is 2. The molecule has 0 aliphatic carbocycles. The quantitative estimate of drug-likeness (QED) is 0.0374. The topological polar surface area (TPSA) is 336 Å². The number of phenols is 2. The molecule has 0 spiro atoms. The summed E-state index contributed by atoms with van der Waals surface area (Å²) in [5.74, 6) is -1.12. The van der Waals surface area contributed by atoms with Gasteiger partial charge in [-0.2, -0.15) is 32.2 Å². The predicted molar refractivity (Wildman–Crippen MR) is 204 cm³/mol. The van der Waals surface area contributed by atoms with Crippen molar-refractivity contribution in [3.05, 3.63) is 90.5 Å². The fourth-order valence-corrected chi connectivity index (χ4v) is 7.34. The van der Waals surface area contributed by atoms with Crippen LogP contribution in [0.1, 0.15) is 5.56 Å². The van der Waals surface area contributed by atoms with E-state index >= 15 is 0 Å². The Kier molecular flexibility index (Phi) is 10.0. The Morgan fingerprint density at radius 1 is 0.527 bits per heavy atom. The number of nitrogens with zero attached hydrogens (tertiary/aromatic N) is 6. The largest absolute Gasteiger partial charge is 0.506 e. The number of hydrogen-bond donors (Lipinski definition) is 9. The van der Waals surface area contributed by atoms with Crippen molar-refractivity contribution in [3.63, 3.8) is 0 Å². The first-order valence-corrected chi connectivity index (χ1v) is 19.6. The number of rotatable bonds is 9. The molecule has 0 heterocycles. The van der Waals surface area contributed by atoms with Crippen LogP contribution in [0, 0.1) is 6.92 Å². The van der Waals surface area contributed by atoms with Crippen LogP contribution >= 0.6 is 10.9 Å². The van der Waals surface area contributed by atoms with Gasteiger partial charge in [-0.3, -0.25) is 9.11 Å². The Morgan fingerprint density at radius 2 is 1.15 bits per heavy atom. The van der Waals surface area contributed by atoms with Crippen LogP contribution in [0.15, 0.2) is 130 Å². The molecule has 6 aromatic carbocycles. The van der Waals surface area contributed by atoms with E-state index in [9.17, 15) is 49.8 Å². The van der Waals surface area contributed by atoms with Crippen molar-refractivity contribution in [1.82, 2.24) is 0 Å². The van der Waals surface area contributed by atoms with Gasteiger partial charge in [0.05, 0.1) is 33.3 Å². The monoisotopic (exact) mass is 808 g/mol. The molecular weight excluding hydrogens is 781 g/mol. The van der Waals surface area contributed by atoms with Crippen molar-refractivity contribution < 1.29 is 49.8 Å². The normalized spacial score (nSPS) is 13.2. The van der Waals surface area contributed by atoms with Gasteiger partial charge in [-0.25, -0.2) is 0 Å². The maximum absolute atomic E-state index is 11.7. The molecule has 0 radical (unpaired) electrons. The second-order valence-electron chi connectivity index (χ2n) is 11.8. The molecule has 0 amide bonds. The van der Waals surface area contributed by atoms with E-state index in [1.54, 1.807) is 19.1 Å². The standard InChI is InChI=1S/C33H28N8O11S3/c1-16-9-27(28(42)14-25(16)38-36-19-7-8-21-17(10-19)3-2-4-29(21)53(44,45)46)40-41-32-31(55(50,51)52)11-18-5-6-20(12-22(18)33(32)43)37-39-26-15-30(54(47,48)49)24(35)13-23(26)34/h2-15,42-43,50-52H,34-35H2,1H3,(H,44,45,46)(H,47,48,49). The third-order valence-corrected chi connectivity index (χ3v) is 10.7. The Morgan fingerprint density at radius 3 is 1.82 bits per heavy atom. The predicted octanol–water partition coefficient (Wildman–Crippen LogP) is 9.20. The average Bonchev–Trinajstić information content (AvgIpc) is 3.09. The number of azo groups is 3. The fraction of sp³-hybridized carbons (Fsp3) is 0.0303. The van der Waals surface area contributed by atoms with Crippen molar-refractivity contribution in [1.29, 1.82) is 0 Å². The van der Waals surface area contributed by atoms with Crippen LogP contribution in [-0.2, 0) is 20.2 Å². The number of hydrogen-bond acceptors (Lipinski definition) is 17. The minimum atomic E-state index is -4.71. The maximum atomic E-state index is 11.7. The Balaban J connectivity index is 1.32. The van der Waals surface area contributed by atoms with Gasteiger partial charge in [0.1, 0.15) is 43.5 Å². The number of benzene rings is 6. The van der Waals surface area contributed by atoms with E-state index in [1.165, 1.54) is 54.6 Å². The third kappa shape index (κ3) is 8.20. The smallest absolute Gasteiger partial charge is 0.296 e. The minimum Gasteiger partial charge on any atom is -0.506 e. The van der Waals surface area contributed by atoms with E-state index in [1.807, 2.05) is 0 Å². The lowest BCUT2D eigenvalue weighted by Crippen LogP contribution is -2.04. The van der Waals surface area contributed by atoms with Crippen LogP contribution in [0.2, 0.25) is 0 Å². The lowest BCUT2D eigenvalue weighted by Gasteiger charge is -2.22. The Bertz CT molecular complexity index is 2880. The molecule has 0 aliphatic heterocycles. The van der Waals surface area contributed by atoms with Gasteiger partial charge in [0.25, 0.3) is 20.2 Å². The van der Waals surface area contributed by atoms with Gasteiger partial charge in [-0.05, 0) is 77.9 Å². The average molecular weight is 809 g/mol. The first kappa shape index (κ1) is 38.6. The van der Waals surface area contributed by atoms with E-state index < -0.39 is 58.1 Å². The molecule has 6 aromatic rings. The summed E-state index contributed by atoms with van der Waals surface area (Å²) in [6, 6.07) is 18.7. The molecule has 22 heteroatoms. The van der Waals surface area contributed by atoms with Crippen molar-refractivity contribution >= 4 is 98.2 Å². The van der Waals surface area contributed by atoms with Gasteiger partial charge in [0.15, 0.2) is 5.75 Å². The molecule has 0 atom stereocenters. The van der Waals surface area contributed by atoms with Crippen molar-refractivity contribution in [2.24, 2.45) is 30.7 Å². The molecule has 11 N–H and O–H groups in total. The van der Waals surface area contributed by atoms with Gasteiger partial charge in [-0.15, -0.1) is 15.3 Å². The lowest BCUT2D eigenvalue weighted by molar-refractivity contribution is 0.375. The molecule has 0 aliphatic rings. The molecule has 6 rings (SSSR count).